The van der Waals surface area contributed by atoms with Crippen molar-refractivity contribution in [3.8, 4) is 0 Å². The zero-order valence-corrected chi connectivity index (χ0v) is 13.5. The van der Waals surface area contributed by atoms with Crippen LogP contribution in [-0.4, -0.2) is 60.6 Å². The van der Waals surface area contributed by atoms with E-state index in [1.165, 1.54) is 26.2 Å². The first-order chi connectivity index (χ1) is 8.57. The van der Waals surface area contributed by atoms with E-state index in [1.807, 2.05) is 0 Å². The van der Waals surface area contributed by atoms with E-state index < -0.39 is 0 Å². The molecule has 4 nitrogen and oxygen atoms in total. The molecule has 0 aromatic heterocycles. The van der Waals surface area contributed by atoms with Crippen LogP contribution >= 0.6 is 0 Å². The van der Waals surface area contributed by atoms with Gasteiger partial charge in [0.25, 0.3) is 0 Å². The molecule has 0 aromatic rings. The molecule has 0 N–H and O–H groups in total. The highest BCUT2D eigenvalue weighted by Crippen LogP contribution is 2.39. The van der Waals surface area contributed by atoms with E-state index in [1.54, 1.807) is 0 Å². The Bertz CT molecular complexity index is 270. The first-order valence-corrected chi connectivity index (χ1v) is 7.30. The lowest BCUT2D eigenvalue weighted by Gasteiger charge is -2.60. The molecular formula is C15H30N2O2. The number of hydrogen-bond acceptors (Lipinski definition) is 4. The lowest BCUT2D eigenvalue weighted by Crippen LogP contribution is -2.72. The second-order valence-electron chi connectivity index (χ2n) is 8.25. The summed E-state index contributed by atoms with van der Waals surface area (Å²) >= 11 is 0. The molecule has 112 valence electrons. The number of nitrogens with zero attached hydrogens (tertiary/aromatic N) is 2. The van der Waals surface area contributed by atoms with Crippen LogP contribution in [0.5, 0.6) is 0 Å². The molecule has 0 atom stereocenters. The molecule has 2 saturated heterocycles. The van der Waals surface area contributed by atoms with Crippen LogP contribution in [0, 0.1) is 5.41 Å². The van der Waals surface area contributed by atoms with Gasteiger partial charge in [0.15, 0.2) is 0 Å². The standard InChI is InChI=1S/C15H30N2O2/c1-13(2,3)18-11-16-7-15(8-16)9-17(10-15)12-19-14(4,5)6/h7-12H2,1-6H3. The average Bonchev–Trinajstić information content (AvgIpc) is 2.08. The molecule has 0 radical (unpaired) electrons. The number of hydrogen-bond donors (Lipinski definition) is 0. The summed E-state index contributed by atoms with van der Waals surface area (Å²) < 4.78 is 11.6. The van der Waals surface area contributed by atoms with Gasteiger partial charge in [0.2, 0.25) is 0 Å². The van der Waals surface area contributed by atoms with Gasteiger partial charge in [0, 0.05) is 31.6 Å². The van der Waals surface area contributed by atoms with E-state index in [2.05, 4.69) is 51.3 Å². The fourth-order valence-electron chi connectivity index (χ4n) is 2.76. The highest BCUT2D eigenvalue weighted by molar-refractivity contribution is 5.04. The van der Waals surface area contributed by atoms with Crippen LogP contribution in [0.3, 0.4) is 0 Å². The van der Waals surface area contributed by atoms with E-state index in [4.69, 9.17) is 9.47 Å². The minimum absolute atomic E-state index is 0.0328. The third-order valence-electron chi connectivity index (χ3n) is 3.60. The van der Waals surface area contributed by atoms with Crippen LogP contribution < -0.4 is 0 Å². The van der Waals surface area contributed by atoms with Gasteiger partial charge < -0.3 is 9.47 Å². The topological polar surface area (TPSA) is 24.9 Å². The molecule has 0 saturated carbocycles. The molecule has 1 spiro atoms. The van der Waals surface area contributed by atoms with Gasteiger partial charge in [-0.1, -0.05) is 0 Å². The molecule has 2 heterocycles. The fourth-order valence-corrected chi connectivity index (χ4v) is 2.76. The zero-order valence-electron chi connectivity index (χ0n) is 13.5. The lowest BCUT2D eigenvalue weighted by atomic mass is 9.73. The van der Waals surface area contributed by atoms with E-state index in [0.717, 1.165) is 13.5 Å². The summed E-state index contributed by atoms with van der Waals surface area (Å²) in [6.45, 7) is 18.9. The van der Waals surface area contributed by atoms with E-state index in [-0.39, 0.29) is 11.2 Å². The molecule has 2 fully saturated rings. The molecule has 19 heavy (non-hydrogen) atoms. The van der Waals surface area contributed by atoms with Gasteiger partial charge in [-0.05, 0) is 41.5 Å². The Morgan fingerprint density at radius 2 is 1.05 bits per heavy atom. The lowest BCUT2D eigenvalue weighted by molar-refractivity contribution is -0.194. The minimum atomic E-state index is -0.0328. The van der Waals surface area contributed by atoms with Crippen LogP contribution in [0.2, 0.25) is 0 Å². The summed E-state index contributed by atoms with van der Waals surface area (Å²) in [5.74, 6) is 0. The van der Waals surface area contributed by atoms with Crippen LogP contribution in [-0.2, 0) is 9.47 Å². The molecule has 0 bridgehead atoms. The summed E-state index contributed by atoms with van der Waals surface area (Å²) in [6, 6.07) is 0. The summed E-state index contributed by atoms with van der Waals surface area (Å²) in [7, 11) is 0. The second kappa shape index (κ2) is 4.99. The average molecular weight is 270 g/mol. The number of ether oxygens (including phenoxy) is 2. The zero-order chi connectivity index (χ0) is 14.3. The Morgan fingerprint density at radius 3 is 1.32 bits per heavy atom. The van der Waals surface area contributed by atoms with Gasteiger partial charge in [-0.25, -0.2) is 0 Å². The Hall–Kier alpha value is -0.160. The Kier molecular flexibility index (Phi) is 4.00. The predicted molar refractivity (Wildman–Crippen MR) is 77.0 cm³/mol. The van der Waals surface area contributed by atoms with E-state index >= 15 is 0 Å². The molecular weight excluding hydrogens is 240 g/mol. The summed E-state index contributed by atoms with van der Waals surface area (Å²) in [5, 5.41) is 0. The minimum Gasteiger partial charge on any atom is -0.360 e. The largest absolute Gasteiger partial charge is 0.360 e. The van der Waals surface area contributed by atoms with Crippen molar-refractivity contribution < 1.29 is 9.47 Å². The van der Waals surface area contributed by atoms with Crippen LogP contribution in [0.25, 0.3) is 0 Å². The quantitative estimate of drug-likeness (QED) is 0.781. The molecule has 4 heteroatoms. The first kappa shape index (κ1) is 15.2. The Balaban J connectivity index is 1.59. The molecule has 0 aliphatic carbocycles. The van der Waals surface area contributed by atoms with E-state index in [9.17, 15) is 0 Å². The monoisotopic (exact) mass is 270 g/mol. The molecule has 2 aliphatic rings. The molecule has 0 aromatic carbocycles. The van der Waals surface area contributed by atoms with Crippen LogP contribution in [0.1, 0.15) is 41.5 Å². The highest BCUT2D eigenvalue weighted by atomic mass is 16.5. The maximum Gasteiger partial charge on any atom is 0.0997 e. The third-order valence-corrected chi connectivity index (χ3v) is 3.60. The van der Waals surface area contributed by atoms with Gasteiger partial charge in [0.1, 0.15) is 0 Å². The molecule has 2 aliphatic heterocycles. The SMILES string of the molecule is CC(C)(C)OCN1CC2(C1)CN(COC(C)(C)C)C2. The first-order valence-electron chi connectivity index (χ1n) is 7.30. The van der Waals surface area contributed by atoms with Gasteiger partial charge in [0.05, 0.1) is 24.7 Å². The summed E-state index contributed by atoms with van der Waals surface area (Å²) in [6.07, 6.45) is 0. The smallest absolute Gasteiger partial charge is 0.0997 e. The van der Waals surface area contributed by atoms with Crippen molar-refractivity contribution in [1.29, 1.82) is 0 Å². The maximum absolute atomic E-state index is 5.80. The van der Waals surface area contributed by atoms with Crippen molar-refractivity contribution in [2.75, 3.05) is 39.6 Å². The van der Waals surface area contributed by atoms with Gasteiger partial charge in [-0.15, -0.1) is 0 Å². The van der Waals surface area contributed by atoms with Crippen molar-refractivity contribution >= 4 is 0 Å². The number of rotatable bonds is 4. The van der Waals surface area contributed by atoms with Gasteiger partial charge in [-0.2, -0.15) is 0 Å². The third kappa shape index (κ3) is 4.42. The van der Waals surface area contributed by atoms with Crippen molar-refractivity contribution in [2.45, 2.75) is 52.7 Å². The summed E-state index contributed by atoms with van der Waals surface area (Å²) in [4.78, 5) is 4.79. The van der Waals surface area contributed by atoms with Crippen molar-refractivity contribution in [3.05, 3.63) is 0 Å². The predicted octanol–water partition coefficient (Wildman–Crippen LogP) is 2.15. The second-order valence-corrected chi connectivity index (χ2v) is 8.25. The Labute approximate surface area is 118 Å². The molecule has 2 rings (SSSR count). The molecule has 0 unspecified atom stereocenters. The highest BCUT2D eigenvalue weighted by Gasteiger charge is 2.51. The summed E-state index contributed by atoms with van der Waals surface area (Å²) in [5.41, 5.74) is 0.465. The van der Waals surface area contributed by atoms with Gasteiger partial charge in [-0.3, -0.25) is 9.80 Å². The number of likely N-dealkylation sites (tertiary alicyclic amines) is 2. The maximum atomic E-state index is 5.80. The fraction of sp³-hybridized carbons (Fsp3) is 1.00. The van der Waals surface area contributed by atoms with Gasteiger partial charge >= 0.3 is 0 Å². The van der Waals surface area contributed by atoms with Crippen molar-refractivity contribution in [2.24, 2.45) is 5.41 Å². The van der Waals surface area contributed by atoms with Crippen LogP contribution in [0.15, 0.2) is 0 Å². The van der Waals surface area contributed by atoms with E-state index in [0.29, 0.717) is 5.41 Å². The van der Waals surface area contributed by atoms with Crippen molar-refractivity contribution in [3.63, 3.8) is 0 Å². The van der Waals surface area contributed by atoms with Crippen molar-refractivity contribution in [1.82, 2.24) is 9.80 Å². The Morgan fingerprint density at radius 1 is 0.737 bits per heavy atom. The molecule has 0 amide bonds. The van der Waals surface area contributed by atoms with Crippen LogP contribution in [0.4, 0.5) is 0 Å². The normalized spacial score (nSPS) is 24.3.